The molecule has 6 nitrogen and oxygen atoms in total. The van der Waals surface area contributed by atoms with Crippen LogP contribution in [0.2, 0.25) is 5.02 Å². The molecule has 1 unspecified atom stereocenters. The molecule has 2 N–H and O–H groups in total. The number of hydrogen-bond acceptors (Lipinski definition) is 5. The van der Waals surface area contributed by atoms with Crippen LogP contribution in [-0.4, -0.2) is 43.0 Å². The largest absolute Gasteiger partial charge is 0.508 e. The Morgan fingerprint density at radius 3 is 2.40 bits per heavy atom. The predicted molar refractivity (Wildman–Crippen MR) is 142 cm³/mol. The van der Waals surface area contributed by atoms with Crippen LogP contribution in [0.5, 0.6) is 5.75 Å². The van der Waals surface area contributed by atoms with Crippen molar-refractivity contribution in [1.29, 1.82) is 0 Å². The van der Waals surface area contributed by atoms with Gasteiger partial charge in [0.05, 0.1) is 23.5 Å². The Kier molecular flexibility index (Phi) is 6.34. The molecule has 2 aliphatic heterocycles. The summed E-state index contributed by atoms with van der Waals surface area (Å²) in [5, 5.41) is 13.7. The molecule has 35 heavy (non-hydrogen) atoms. The Morgan fingerprint density at radius 2 is 1.71 bits per heavy atom. The summed E-state index contributed by atoms with van der Waals surface area (Å²) in [6.07, 6.45) is 0. The van der Waals surface area contributed by atoms with E-state index in [1.165, 1.54) is 12.1 Å². The van der Waals surface area contributed by atoms with Crippen LogP contribution in [0.25, 0.3) is 0 Å². The zero-order chi connectivity index (χ0) is 24.7. The fourth-order valence-electron chi connectivity index (χ4n) is 4.93. The predicted octanol–water partition coefficient (Wildman–Crippen LogP) is 4.91. The minimum atomic E-state index is -1.46. The van der Waals surface area contributed by atoms with E-state index in [0.29, 0.717) is 21.8 Å². The van der Waals surface area contributed by atoms with E-state index in [9.17, 15) is 14.7 Å². The number of phenols is 1. The van der Waals surface area contributed by atoms with Crippen molar-refractivity contribution < 1.29 is 14.7 Å². The molecule has 3 aromatic rings. The first-order chi connectivity index (χ1) is 16.8. The van der Waals surface area contributed by atoms with Crippen molar-refractivity contribution in [2.75, 3.05) is 36.0 Å². The molecule has 1 atom stereocenters. The van der Waals surface area contributed by atoms with Crippen LogP contribution in [0.4, 0.5) is 11.4 Å². The van der Waals surface area contributed by atoms with Crippen molar-refractivity contribution in [3.8, 4) is 5.75 Å². The second-order valence-corrected chi connectivity index (χ2v) is 10.4. The Balaban J connectivity index is 1.72. The summed E-state index contributed by atoms with van der Waals surface area (Å²) in [4.78, 5) is 32.2. The van der Waals surface area contributed by atoms with Crippen molar-refractivity contribution in [1.82, 2.24) is 5.32 Å². The molecule has 1 saturated heterocycles. The first-order valence-electron chi connectivity index (χ1n) is 11.5. The monoisotopic (exact) mass is 553 g/mol. The van der Waals surface area contributed by atoms with Crippen molar-refractivity contribution in [2.24, 2.45) is 0 Å². The van der Waals surface area contributed by atoms with Gasteiger partial charge in [0.1, 0.15) is 11.2 Å². The molecule has 1 fully saturated rings. The number of amides is 1. The zero-order valence-electron chi connectivity index (χ0n) is 19.2. The highest BCUT2D eigenvalue weighted by Gasteiger charge is 2.52. The number of aromatic hydroxyl groups is 1. The van der Waals surface area contributed by atoms with Crippen LogP contribution in [-0.2, 0) is 16.8 Å². The number of hydrogen-bond donors (Lipinski definition) is 2. The number of ketones is 1. The third-order valence-corrected chi connectivity index (χ3v) is 7.55. The molecule has 8 heteroatoms. The molecule has 0 aromatic heterocycles. The number of piperazine rings is 1. The van der Waals surface area contributed by atoms with E-state index in [4.69, 9.17) is 11.6 Å². The number of benzene rings is 3. The number of nitrogens with zero attached hydrogens (tertiary/aromatic N) is 2. The summed E-state index contributed by atoms with van der Waals surface area (Å²) >= 11 is 10.1. The Bertz CT molecular complexity index is 1310. The fourth-order valence-corrected chi connectivity index (χ4v) is 5.58. The average molecular weight is 555 g/mol. The quantitative estimate of drug-likeness (QED) is 0.449. The minimum Gasteiger partial charge on any atom is -0.508 e. The maximum atomic E-state index is 14.3. The molecule has 5 rings (SSSR count). The molecular formula is C27H25BrClN3O3. The first kappa shape index (κ1) is 23.9. The molecule has 0 spiro atoms. The number of Topliss-reactive ketones (excluding diaryl/α,β-unsaturated/α-hetero) is 1. The summed E-state index contributed by atoms with van der Waals surface area (Å²) < 4.78 is 0.907. The molecule has 180 valence electrons. The first-order valence-corrected chi connectivity index (χ1v) is 12.7. The van der Waals surface area contributed by atoms with Gasteiger partial charge in [0.15, 0.2) is 5.78 Å². The maximum absolute atomic E-state index is 14.3. The molecule has 1 amide bonds. The van der Waals surface area contributed by atoms with Crippen molar-refractivity contribution in [3.63, 3.8) is 0 Å². The van der Waals surface area contributed by atoms with E-state index >= 15 is 0 Å². The van der Waals surface area contributed by atoms with Gasteiger partial charge in [0.2, 0.25) is 5.91 Å². The van der Waals surface area contributed by atoms with E-state index in [1.807, 2.05) is 30.3 Å². The van der Waals surface area contributed by atoms with Gasteiger partial charge in [-0.2, -0.15) is 0 Å². The number of carbonyl (C=O) groups is 2. The van der Waals surface area contributed by atoms with Gasteiger partial charge in [0, 0.05) is 35.7 Å². The number of fused-ring (bicyclic) bond motifs is 1. The number of rotatable bonds is 4. The molecule has 0 saturated carbocycles. The third-order valence-electron chi connectivity index (χ3n) is 6.84. The normalized spacial score (nSPS) is 20.2. The van der Waals surface area contributed by atoms with Crippen LogP contribution in [0, 0.1) is 0 Å². The molecule has 2 heterocycles. The van der Waals surface area contributed by atoms with Gasteiger partial charge in [-0.15, -0.1) is 0 Å². The van der Waals surface area contributed by atoms with Gasteiger partial charge in [-0.05, 0) is 54.4 Å². The SMILES string of the molecule is CC1(c2ccc(O)cc2)C(=O)c2c(N3CCNCC3)cc(Cl)cc2N(Cc2cccc(Br)c2)C1=O. The molecule has 0 bridgehead atoms. The number of carbonyl (C=O) groups excluding carboxylic acids is 2. The van der Waals surface area contributed by atoms with Gasteiger partial charge in [-0.25, -0.2) is 0 Å². The lowest BCUT2D eigenvalue weighted by Gasteiger charge is -2.42. The Hall–Kier alpha value is -2.87. The summed E-state index contributed by atoms with van der Waals surface area (Å²) in [6.45, 7) is 5.02. The summed E-state index contributed by atoms with van der Waals surface area (Å²) in [5.41, 5.74) is 1.78. The lowest BCUT2D eigenvalue weighted by atomic mass is 9.71. The van der Waals surface area contributed by atoms with E-state index in [1.54, 1.807) is 30.0 Å². The summed E-state index contributed by atoms with van der Waals surface area (Å²) in [5.74, 6) is -0.513. The molecule has 0 aliphatic carbocycles. The number of anilines is 2. The Morgan fingerprint density at radius 1 is 1.03 bits per heavy atom. The lowest BCUT2D eigenvalue weighted by molar-refractivity contribution is -0.122. The van der Waals surface area contributed by atoms with Crippen LogP contribution in [0.1, 0.15) is 28.4 Å². The van der Waals surface area contributed by atoms with Crippen LogP contribution >= 0.6 is 27.5 Å². The van der Waals surface area contributed by atoms with E-state index in [2.05, 4.69) is 26.1 Å². The highest BCUT2D eigenvalue weighted by atomic mass is 79.9. The van der Waals surface area contributed by atoms with Gasteiger partial charge < -0.3 is 20.2 Å². The molecule has 3 aromatic carbocycles. The molecule has 2 aliphatic rings. The summed E-state index contributed by atoms with van der Waals surface area (Å²) in [7, 11) is 0. The standard InChI is InChI=1S/C27H25BrClN3O3/c1-27(18-5-7-21(33)8-6-18)25(34)24-22(31-11-9-30-10-12-31)14-20(29)15-23(24)32(26(27)35)16-17-3-2-4-19(28)13-17/h2-8,13-15,30,33H,9-12,16H2,1H3. The minimum absolute atomic E-state index is 0.0766. The number of nitrogens with one attached hydrogen (secondary N) is 1. The van der Waals surface area contributed by atoms with Gasteiger partial charge in [-0.1, -0.05) is 51.8 Å². The Labute approximate surface area is 217 Å². The highest BCUT2D eigenvalue weighted by molar-refractivity contribution is 9.10. The molecular weight excluding hydrogens is 530 g/mol. The number of halogens is 2. The van der Waals surface area contributed by atoms with E-state index in [-0.39, 0.29) is 24.0 Å². The molecule has 0 radical (unpaired) electrons. The van der Waals surface area contributed by atoms with Crippen molar-refractivity contribution in [3.05, 3.63) is 86.8 Å². The maximum Gasteiger partial charge on any atom is 0.245 e. The highest BCUT2D eigenvalue weighted by Crippen LogP contribution is 2.46. The second-order valence-electron chi connectivity index (χ2n) is 9.08. The third kappa shape index (κ3) is 4.22. The van der Waals surface area contributed by atoms with Crippen LogP contribution in [0.3, 0.4) is 0 Å². The smallest absolute Gasteiger partial charge is 0.245 e. The van der Waals surface area contributed by atoms with Crippen molar-refractivity contribution in [2.45, 2.75) is 18.9 Å². The second kappa shape index (κ2) is 9.30. The topological polar surface area (TPSA) is 72.9 Å². The zero-order valence-corrected chi connectivity index (χ0v) is 21.6. The lowest BCUT2D eigenvalue weighted by Crippen LogP contribution is -2.55. The van der Waals surface area contributed by atoms with E-state index in [0.717, 1.165) is 41.9 Å². The van der Waals surface area contributed by atoms with Gasteiger partial charge >= 0.3 is 0 Å². The van der Waals surface area contributed by atoms with Crippen LogP contribution < -0.4 is 15.1 Å². The summed E-state index contributed by atoms with van der Waals surface area (Å²) in [6, 6.07) is 17.6. The number of phenolic OH excluding ortho intramolecular Hbond substituents is 1. The van der Waals surface area contributed by atoms with Crippen LogP contribution in [0.15, 0.2) is 65.1 Å². The van der Waals surface area contributed by atoms with Gasteiger partial charge in [0.25, 0.3) is 0 Å². The van der Waals surface area contributed by atoms with E-state index < -0.39 is 5.41 Å². The fraction of sp³-hybridized carbons (Fsp3) is 0.259. The van der Waals surface area contributed by atoms with Crippen molar-refractivity contribution >= 4 is 50.6 Å². The van der Waals surface area contributed by atoms with Gasteiger partial charge in [-0.3, -0.25) is 9.59 Å². The average Bonchev–Trinajstić information content (AvgIpc) is 2.86.